The second-order valence-electron chi connectivity index (χ2n) is 8.80. The Labute approximate surface area is 232 Å². The summed E-state index contributed by atoms with van der Waals surface area (Å²) in [5, 5.41) is 21.2. The number of aliphatic hydroxyl groups is 1. The van der Waals surface area contributed by atoms with Crippen LogP contribution in [0.5, 0.6) is 17.2 Å². The Balaban J connectivity index is 1.67. The molecule has 0 spiro atoms. The minimum atomic E-state index is -1.01. The first-order chi connectivity index (χ1) is 19.4. The van der Waals surface area contributed by atoms with Crippen molar-refractivity contribution in [2.75, 3.05) is 40.0 Å². The number of para-hydroxylation sites is 2. The number of hydrogen-bond acceptors (Lipinski definition) is 8. The van der Waals surface area contributed by atoms with Crippen molar-refractivity contribution < 1.29 is 34.0 Å². The van der Waals surface area contributed by atoms with Crippen LogP contribution in [0, 0.1) is 10.1 Å². The number of aromatic amines is 1. The van der Waals surface area contributed by atoms with Crippen LogP contribution in [0.1, 0.15) is 31.0 Å². The monoisotopic (exact) mass is 553 g/mol. The second kappa shape index (κ2) is 15.2. The molecule has 2 N–H and O–H groups in total. The van der Waals surface area contributed by atoms with Crippen molar-refractivity contribution in [3.05, 3.63) is 76.5 Å². The molecular weight excluding hydrogens is 518 g/mol. The fraction of sp³-hybridized carbons (Fsp3) is 0.345. The first kappa shape index (κ1) is 30.0. The van der Waals surface area contributed by atoms with Crippen molar-refractivity contribution in [2.24, 2.45) is 0 Å². The molecule has 1 heterocycles. The molecule has 11 heteroatoms. The fourth-order valence-corrected chi connectivity index (χ4v) is 4.22. The van der Waals surface area contributed by atoms with Gasteiger partial charge in [0, 0.05) is 23.1 Å². The first-order valence-electron chi connectivity index (χ1n) is 12.9. The summed E-state index contributed by atoms with van der Waals surface area (Å²) in [7, 11) is 1.54. The third-order valence-corrected chi connectivity index (χ3v) is 6.03. The van der Waals surface area contributed by atoms with Gasteiger partial charge < -0.3 is 34.0 Å². The van der Waals surface area contributed by atoms with Crippen LogP contribution in [0.4, 0.5) is 0 Å². The molecule has 1 amide bonds. The summed E-state index contributed by atoms with van der Waals surface area (Å²) in [5.41, 5.74) is 2.66. The van der Waals surface area contributed by atoms with E-state index in [1.807, 2.05) is 49.4 Å². The SMILES string of the molecule is C=Cc1[nH]c2cccc(OCC(O)CN(CCOc3ccccc3OC)C(=O)CCCO[N+](=O)[O-])c2c1/C=C\C. The summed E-state index contributed by atoms with van der Waals surface area (Å²) in [6.45, 7) is 5.82. The lowest BCUT2D eigenvalue weighted by Gasteiger charge is -2.26. The summed E-state index contributed by atoms with van der Waals surface area (Å²) < 4.78 is 17.1. The third-order valence-electron chi connectivity index (χ3n) is 6.03. The molecule has 0 saturated heterocycles. The van der Waals surface area contributed by atoms with Crippen LogP contribution in [-0.2, 0) is 9.63 Å². The molecule has 3 aromatic rings. The average molecular weight is 554 g/mol. The molecule has 0 bridgehead atoms. The molecule has 2 aromatic carbocycles. The van der Waals surface area contributed by atoms with Crippen molar-refractivity contribution in [1.29, 1.82) is 0 Å². The molecule has 3 rings (SSSR count). The molecule has 40 heavy (non-hydrogen) atoms. The summed E-state index contributed by atoms with van der Waals surface area (Å²) >= 11 is 0. The second-order valence-corrected chi connectivity index (χ2v) is 8.80. The maximum atomic E-state index is 12.9. The van der Waals surface area contributed by atoms with Crippen molar-refractivity contribution in [1.82, 2.24) is 9.88 Å². The number of carbonyl (C=O) groups excluding carboxylic acids is 1. The van der Waals surface area contributed by atoms with E-state index in [1.54, 1.807) is 18.2 Å². The lowest BCUT2D eigenvalue weighted by molar-refractivity contribution is -0.757. The molecule has 0 aliphatic rings. The van der Waals surface area contributed by atoms with Gasteiger partial charge in [0.05, 0.1) is 32.3 Å². The highest BCUT2D eigenvalue weighted by Gasteiger charge is 2.20. The molecule has 0 saturated carbocycles. The van der Waals surface area contributed by atoms with Crippen LogP contribution in [0.15, 0.2) is 55.1 Å². The summed E-state index contributed by atoms with van der Waals surface area (Å²) in [6.07, 6.45) is 4.78. The molecule has 214 valence electrons. The van der Waals surface area contributed by atoms with Crippen LogP contribution >= 0.6 is 0 Å². The van der Waals surface area contributed by atoms with Gasteiger partial charge in [0.1, 0.15) is 25.1 Å². The normalized spacial score (nSPS) is 11.8. The minimum absolute atomic E-state index is 0.00970. The number of methoxy groups -OCH3 is 1. The van der Waals surface area contributed by atoms with Gasteiger partial charge in [0.15, 0.2) is 11.5 Å². The average Bonchev–Trinajstić information content (AvgIpc) is 3.32. The largest absolute Gasteiger partial charge is 0.493 e. The zero-order chi connectivity index (χ0) is 28.9. The molecule has 0 radical (unpaired) electrons. The van der Waals surface area contributed by atoms with Crippen molar-refractivity contribution in [2.45, 2.75) is 25.9 Å². The van der Waals surface area contributed by atoms with Gasteiger partial charge in [-0.25, -0.2) is 0 Å². The first-order valence-corrected chi connectivity index (χ1v) is 12.9. The number of aliphatic hydroxyl groups excluding tert-OH is 1. The number of rotatable bonds is 17. The molecule has 0 aliphatic heterocycles. The Kier molecular flexibility index (Phi) is 11.4. The summed E-state index contributed by atoms with van der Waals surface area (Å²) in [4.78, 5) is 32.4. The number of carbonyl (C=O) groups is 1. The van der Waals surface area contributed by atoms with Crippen LogP contribution in [0.25, 0.3) is 23.1 Å². The number of allylic oxidation sites excluding steroid dienone is 1. The molecule has 1 aromatic heterocycles. The highest BCUT2D eigenvalue weighted by Crippen LogP contribution is 2.33. The van der Waals surface area contributed by atoms with Gasteiger partial charge in [-0.15, -0.1) is 10.1 Å². The smallest absolute Gasteiger partial charge is 0.294 e. The van der Waals surface area contributed by atoms with Crippen molar-refractivity contribution in [3.8, 4) is 17.2 Å². The lowest BCUT2D eigenvalue weighted by Crippen LogP contribution is -2.42. The molecule has 0 aliphatic carbocycles. The third kappa shape index (κ3) is 8.24. The van der Waals surface area contributed by atoms with Gasteiger partial charge in [-0.2, -0.15) is 0 Å². The number of fused-ring (bicyclic) bond motifs is 1. The van der Waals surface area contributed by atoms with Gasteiger partial charge >= 0.3 is 0 Å². The topological polar surface area (TPSA) is 136 Å². The summed E-state index contributed by atoms with van der Waals surface area (Å²) in [6, 6.07) is 12.8. The highest BCUT2D eigenvalue weighted by atomic mass is 16.9. The van der Waals surface area contributed by atoms with Gasteiger partial charge in [0.2, 0.25) is 5.91 Å². The van der Waals surface area contributed by atoms with E-state index < -0.39 is 11.2 Å². The Morgan fingerprint density at radius 2 is 1.90 bits per heavy atom. The van der Waals surface area contributed by atoms with Gasteiger partial charge in [0.25, 0.3) is 5.09 Å². The van der Waals surface area contributed by atoms with E-state index in [4.69, 9.17) is 14.2 Å². The number of ether oxygens (including phenoxy) is 3. The number of H-pyrrole nitrogens is 1. The number of hydrogen-bond donors (Lipinski definition) is 2. The van der Waals surface area contributed by atoms with E-state index in [-0.39, 0.29) is 51.7 Å². The van der Waals surface area contributed by atoms with Gasteiger partial charge in [-0.3, -0.25) is 4.79 Å². The molecule has 11 nitrogen and oxygen atoms in total. The Bertz CT molecular complexity index is 1320. The predicted molar refractivity (Wildman–Crippen MR) is 152 cm³/mol. The van der Waals surface area contributed by atoms with Gasteiger partial charge in [-0.1, -0.05) is 36.9 Å². The number of nitrogens with one attached hydrogen (secondary N) is 1. The van der Waals surface area contributed by atoms with E-state index in [9.17, 15) is 20.0 Å². The van der Waals surface area contributed by atoms with Crippen molar-refractivity contribution >= 4 is 29.0 Å². The van der Waals surface area contributed by atoms with Gasteiger partial charge in [-0.05, 0) is 43.7 Å². The zero-order valence-corrected chi connectivity index (χ0v) is 22.7. The van der Waals surface area contributed by atoms with Crippen LogP contribution in [0.2, 0.25) is 0 Å². The highest BCUT2D eigenvalue weighted by molar-refractivity contribution is 5.97. The number of aromatic nitrogens is 1. The number of nitrogens with zero attached hydrogens (tertiary/aromatic N) is 2. The maximum absolute atomic E-state index is 12.9. The standard InChI is InChI=1S/C29H35N3O8/c1-4-10-22-23(5-2)30-24-11-8-14-27(29(22)24)39-20-21(33)19-31(28(34)15-9-17-40-32(35)36)16-18-38-26-13-7-6-12-25(26)37-3/h4-8,10-14,21,30,33H,2,9,15-20H2,1,3H3/b10-4-. The maximum Gasteiger partial charge on any atom is 0.294 e. The Morgan fingerprint density at radius 3 is 2.60 bits per heavy atom. The van der Waals surface area contributed by atoms with Crippen molar-refractivity contribution in [3.63, 3.8) is 0 Å². The fourth-order valence-electron chi connectivity index (χ4n) is 4.22. The van der Waals surface area contributed by atoms with Crippen LogP contribution < -0.4 is 14.2 Å². The minimum Gasteiger partial charge on any atom is -0.493 e. The van der Waals surface area contributed by atoms with Crippen LogP contribution in [0.3, 0.4) is 0 Å². The molecule has 0 fully saturated rings. The van der Waals surface area contributed by atoms with E-state index in [2.05, 4.69) is 16.4 Å². The van der Waals surface area contributed by atoms with E-state index in [0.29, 0.717) is 17.2 Å². The predicted octanol–water partition coefficient (Wildman–Crippen LogP) is 4.49. The van der Waals surface area contributed by atoms with E-state index in [0.717, 1.165) is 22.2 Å². The zero-order valence-electron chi connectivity index (χ0n) is 22.7. The summed E-state index contributed by atoms with van der Waals surface area (Å²) in [5.74, 6) is 1.37. The lowest BCUT2D eigenvalue weighted by atomic mass is 10.1. The quantitative estimate of drug-likeness (QED) is 0.142. The van der Waals surface area contributed by atoms with E-state index in [1.165, 1.54) is 12.0 Å². The van der Waals surface area contributed by atoms with Crippen LogP contribution in [-0.4, -0.2) is 72.1 Å². The molecule has 1 atom stereocenters. The Morgan fingerprint density at radius 1 is 1.15 bits per heavy atom. The molecule has 1 unspecified atom stereocenters. The van der Waals surface area contributed by atoms with E-state index >= 15 is 0 Å². The molecular formula is C29H35N3O8. The Hall–Kier alpha value is -4.51. The number of benzene rings is 2. The number of amides is 1.